The second-order valence-electron chi connectivity index (χ2n) is 8.23. The number of hydrogen-bond acceptors (Lipinski definition) is 6. The molecule has 0 heterocycles. The molecule has 174 valence electrons. The standard InChI is InChI=1S/C19H22BrF4NO6/c1-17(2,3)30-15(27)25(16(28)31-18(4,5)6)13-9(19(22,23)24)8-10(21)11(12(13)20)14(26)29-7/h8H,1-7H3. The summed E-state index contributed by atoms with van der Waals surface area (Å²) in [6, 6.07) is -0.0198. The Balaban J connectivity index is 3.96. The van der Waals surface area contributed by atoms with Crippen molar-refractivity contribution in [3.05, 3.63) is 27.5 Å². The average molecular weight is 516 g/mol. The fourth-order valence-corrected chi connectivity index (χ4v) is 2.95. The van der Waals surface area contributed by atoms with E-state index in [2.05, 4.69) is 20.7 Å². The molecule has 0 N–H and O–H groups in total. The summed E-state index contributed by atoms with van der Waals surface area (Å²) < 4.78 is 69.3. The topological polar surface area (TPSA) is 82.1 Å². The molecule has 0 aliphatic heterocycles. The van der Waals surface area contributed by atoms with Crippen LogP contribution in [0.5, 0.6) is 0 Å². The van der Waals surface area contributed by atoms with Crippen molar-refractivity contribution < 1.29 is 46.2 Å². The number of esters is 1. The van der Waals surface area contributed by atoms with Crippen LogP contribution in [0.1, 0.15) is 57.5 Å². The number of benzene rings is 1. The molecular formula is C19H22BrF4NO6. The maximum atomic E-state index is 14.4. The van der Waals surface area contributed by atoms with E-state index in [0.717, 1.165) is 7.11 Å². The molecule has 2 amide bonds. The molecule has 0 unspecified atom stereocenters. The number of methoxy groups -OCH3 is 1. The molecule has 0 saturated heterocycles. The molecule has 0 bridgehead atoms. The van der Waals surface area contributed by atoms with E-state index in [1.165, 1.54) is 41.5 Å². The van der Waals surface area contributed by atoms with E-state index in [0.29, 0.717) is 0 Å². The zero-order chi connectivity index (χ0) is 24.5. The highest BCUT2D eigenvalue weighted by molar-refractivity contribution is 9.10. The van der Waals surface area contributed by atoms with Crippen LogP contribution in [0, 0.1) is 5.82 Å². The van der Waals surface area contributed by atoms with E-state index < -0.39 is 62.6 Å². The van der Waals surface area contributed by atoms with Gasteiger partial charge >= 0.3 is 24.3 Å². The third kappa shape index (κ3) is 6.81. The van der Waals surface area contributed by atoms with E-state index in [1.807, 2.05) is 0 Å². The summed E-state index contributed by atoms with van der Waals surface area (Å²) in [6.45, 7) is 8.51. The minimum atomic E-state index is -5.23. The van der Waals surface area contributed by atoms with Gasteiger partial charge in [0.25, 0.3) is 0 Å². The second kappa shape index (κ2) is 9.01. The third-order valence-electron chi connectivity index (χ3n) is 3.26. The fraction of sp³-hybridized carbons (Fsp3) is 0.526. The zero-order valence-electron chi connectivity index (χ0n) is 17.9. The van der Waals surface area contributed by atoms with E-state index in [4.69, 9.17) is 9.47 Å². The van der Waals surface area contributed by atoms with Gasteiger partial charge in [-0.05, 0) is 63.5 Å². The monoisotopic (exact) mass is 515 g/mol. The highest BCUT2D eigenvalue weighted by Crippen LogP contribution is 2.44. The highest BCUT2D eigenvalue weighted by atomic mass is 79.9. The minimum Gasteiger partial charge on any atom is -0.465 e. The number of nitrogens with zero attached hydrogens (tertiary/aromatic N) is 1. The van der Waals surface area contributed by atoms with Crippen molar-refractivity contribution >= 4 is 39.8 Å². The first-order chi connectivity index (χ1) is 13.8. The van der Waals surface area contributed by atoms with Crippen LogP contribution in [0.15, 0.2) is 10.5 Å². The van der Waals surface area contributed by atoms with Gasteiger partial charge in [-0.1, -0.05) is 0 Å². The number of ether oxygens (including phenoxy) is 3. The Morgan fingerprint density at radius 1 is 0.935 bits per heavy atom. The lowest BCUT2D eigenvalue weighted by Crippen LogP contribution is -2.45. The van der Waals surface area contributed by atoms with E-state index in [9.17, 15) is 31.9 Å². The van der Waals surface area contributed by atoms with Gasteiger partial charge in [-0.15, -0.1) is 0 Å². The summed E-state index contributed by atoms with van der Waals surface area (Å²) in [5.74, 6) is -2.92. The lowest BCUT2D eigenvalue weighted by atomic mass is 10.1. The van der Waals surface area contributed by atoms with Gasteiger partial charge in [0.1, 0.15) is 22.6 Å². The van der Waals surface area contributed by atoms with Crippen LogP contribution >= 0.6 is 15.9 Å². The predicted molar refractivity (Wildman–Crippen MR) is 105 cm³/mol. The molecule has 0 aromatic heterocycles. The molecular weight excluding hydrogens is 494 g/mol. The number of imide groups is 1. The lowest BCUT2D eigenvalue weighted by molar-refractivity contribution is -0.137. The van der Waals surface area contributed by atoms with Crippen molar-refractivity contribution in [1.82, 2.24) is 0 Å². The van der Waals surface area contributed by atoms with Gasteiger partial charge in [-0.2, -0.15) is 18.1 Å². The number of amides is 2. The number of halogens is 5. The van der Waals surface area contributed by atoms with Crippen molar-refractivity contribution in [2.24, 2.45) is 0 Å². The first-order valence-corrected chi connectivity index (χ1v) is 9.53. The van der Waals surface area contributed by atoms with Crippen molar-refractivity contribution in [2.75, 3.05) is 12.0 Å². The summed E-state index contributed by atoms with van der Waals surface area (Å²) in [5.41, 5.74) is -6.29. The van der Waals surface area contributed by atoms with Crippen LogP contribution in [-0.4, -0.2) is 36.5 Å². The Hall–Kier alpha value is -2.37. The van der Waals surface area contributed by atoms with Crippen molar-refractivity contribution in [3.8, 4) is 0 Å². The van der Waals surface area contributed by atoms with E-state index in [-0.39, 0.29) is 11.0 Å². The van der Waals surface area contributed by atoms with Gasteiger partial charge in [0, 0.05) is 0 Å². The minimum absolute atomic E-state index is 0.0198. The molecule has 0 spiro atoms. The van der Waals surface area contributed by atoms with Crippen LogP contribution in [-0.2, 0) is 20.4 Å². The number of alkyl halides is 3. The molecule has 0 aliphatic carbocycles. The van der Waals surface area contributed by atoms with Crippen LogP contribution < -0.4 is 4.90 Å². The van der Waals surface area contributed by atoms with Crippen molar-refractivity contribution in [2.45, 2.75) is 58.9 Å². The quantitative estimate of drug-likeness (QED) is 0.270. The summed E-state index contributed by atoms with van der Waals surface area (Å²) in [4.78, 5) is 37.4. The smallest absolute Gasteiger partial charge is 0.424 e. The molecule has 0 saturated carbocycles. The van der Waals surface area contributed by atoms with Crippen molar-refractivity contribution in [1.29, 1.82) is 0 Å². The highest BCUT2D eigenvalue weighted by Gasteiger charge is 2.44. The number of carbonyl (C=O) groups excluding carboxylic acids is 3. The van der Waals surface area contributed by atoms with Crippen LogP contribution in [0.4, 0.5) is 32.8 Å². The fourth-order valence-electron chi connectivity index (χ4n) is 2.20. The van der Waals surface area contributed by atoms with Gasteiger partial charge in [0.2, 0.25) is 0 Å². The Kier molecular flexibility index (Phi) is 7.75. The van der Waals surface area contributed by atoms with Gasteiger partial charge in [0.15, 0.2) is 0 Å². The summed E-state index contributed by atoms with van der Waals surface area (Å²) >= 11 is 2.72. The Bertz CT molecular complexity index is 859. The SMILES string of the molecule is COC(=O)c1c(F)cc(C(F)(F)F)c(N(C(=O)OC(C)(C)C)C(=O)OC(C)(C)C)c1Br. The second-order valence-corrected chi connectivity index (χ2v) is 9.02. The molecule has 1 aromatic rings. The Labute approximate surface area is 184 Å². The number of anilines is 1. The van der Waals surface area contributed by atoms with Crippen molar-refractivity contribution in [3.63, 3.8) is 0 Å². The van der Waals surface area contributed by atoms with Crippen LogP contribution in [0.25, 0.3) is 0 Å². The first kappa shape index (κ1) is 26.7. The maximum absolute atomic E-state index is 14.4. The zero-order valence-corrected chi connectivity index (χ0v) is 19.4. The molecule has 1 aromatic carbocycles. The van der Waals surface area contributed by atoms with Crippen LogP contribution in [0.3, 0.4) is 0 Å². The average Bonchev–Trinajstić information content (AvgIpc) is 2.52. The third-order valence-corrected chi connectivity index (χ3v) is 4.04. The molecule has 31 heavy (non-hydrogen) atoms. The Morgan fingerprint density at radius 3 is 1.68 bits per heavy atom. The Morgan fingerprint density at radius 2 is 1.35 bits per heavy atom. The number of hydrogen-bond donors (Lipinski definition) is 0. The molecule has 0 fully saturated rings. The lowest BCUT2D eigenvalue weighted by Gasteiger charge is -2.30. The van der Waals surface area contributed by atoms with E-state index >= 15 is 0 Å². The normalized spacial score (nSPS) is 12.3. The summed E-state index contributed by atoms with van der Waals surface area (Å²) in [7, 11) is 0.880. The molecule has 7 nitrogen and oxygen atoms in total. The van der Waals surface area contributed by atoms with Crippen LogP contribution in [0.2, 0.25) is 0 Å². The van der Waals surface area contributed by atoms with Gasteiger partial charge in [0.05, 0.1) is 22.8 Å². The summed E-state index contributed by atoms with van der Waals surface area (Å²) in [5, 5.41) is 0. The number of carbonyl (C=O) groups is 3. The molecule has 1 rings (SSSR count). The largest absolute Gasteiger partial charge is 0.465 e. The molecule has 0 atom stereocenters. The molecule has 0 aliphatic rings. The van der Waals surface area contributed by atoms with Gasteiger partial charge < -0.3 is 14.2 Å². The summed E-state index contributed by atoms with van der Waals surface area (Å²) in [6.07, 6.45) is -8.29. The first-order valence-electron chi connectivity index (χ1n) is 8.73. The van der Waals surface area contributed by atoms with Gasteiger partial charge in [-0.25, -0.2) is 18.8 Å². The predicted octanol–water partition coefficient (Wildman–Crippen LogP) is 6.07. The van der Waals surface area contributed by atoms with Gasteiger partial charge in [-0.3, -0.25) is 0 Å². The molecule has 0 radical (unpaired) electrons. The number of rotatable bonds is 2. The molecule has 12 heteroatoms. The maximum Gasteiger partial charge on any atom is 0.424 e. The van der Waals surface area contributed by atoms with E-state index in [1.54, 1.807) is 0 Å².